The van der Waals surface area contributed by atoms with Crippen molar-refractivity contribution < 1.29 is 14.3 Å². The van der Waals surface area contributed by atoms with Gasteiger partial charge in [0.1, 0.15) is 0 Å². The van der Waals surface area contributed by atoms with Gasteiger partial charge in [0.25, 0.3) is 11.7 Å². The molecular formula is C22H21N3O3. The maximum atomic E-state index is 12.6. The number of hydrogen-bond donors (Lipinski definition) is 1. The van der Waals surface area contributed by atoms with Crippen LogP contribution in [0.15, 0.2) is 60.9 Å². The molecule has 1 saturated carbocycles. The van der Waals surface area contributed by atoms with Crippen LogP contribution in [0.2, 0.25) is 0 Å². The molecular weight excluding hydrogens is 354 g/mol. The van der Waals surface area contributed by atoms with Gasteiger partial charge in [-0.1, -0.05) is 6.42 Å². The molecule has 0 atom stereocenters. The van der Waals surface area contributed by atoms with Gasteiger partial charge < -0.3 is 14.8 Å². The van der Waals surface area contributed by atoms with Crippen LogP contribution in [0.3, 0.4) is 0 Å². The van der Waals surface area contributed by atoms with E-state index >= 15 is 0 Å². The highest BCUT2D eigenvalue weighted by Gasteiger charge is 2.42. The molecule has 0 unspecified atom stereocenters. The average Bonchev–Trinajstić information content (AvgIpc) is 3.36. The van der Waals surface area contributed by atoms with Gasteiger partial charge in [0, 0.05) is 42.6 Å². The Morgan fingerprint density at radius 3 is 2.54 bits per heavy atom. The number of carbonyl (C=O) groups is 1. The Morgan fingerprint density at radius 2 is 1.79 bits per heavy atom. The second-order valence-electron chi connectivity index (χ2n) is 7.29. The third kappa shape index (κ3) is 3.11. The van der Waals surface area contributed by atoms with E-state index in [0.717, 1.165) is 37.1 Å². The van der Waals surface area contributed by atoms with E-state index in [0.29, 0.717) is 17.0 Å². The molecule has 2 aromatic carbocycles. The molecule has 6 nitrogen and oxygen atoms in total. The topological polar surface area (TPSA) is 65.4 Å². The van der Waals surface area contributed by atoms with Crippen molar-refractivity contribution in [2.75, 3.05) is 5.32 Å². The number of ether oxygens (including phenoxy) is 2. The van der Waals surface area contributed by atoms with Crippen LogP contribution in [-0.2, 0) is 0 Å². The number of aromatic nitrogens is 2. The summed E-state index contributed by atoms with van der Waals surface area (Å²) in [5, 5.41) is 7.12. The van der Waals surface area contributed by atoms with Gasteiger partial charge in [0.2, 0.25) is 0 Å². The third-order valence-electron chi connectivity index (χ3n) is 5.31. The lowest BCUT2D eigenvalue weighted by Crippen LogP contribution is -2.40. The zero-order chi connectivity index (χ0) is 19.0. The molecule has 142 valence electrons. The van der Waals surface area contributed by atoms with Crippen LogP contribution in [-0.4, -0.2) is 21.5 Å². The van der Waals surface area contributed by atoms with Crippen LogP contribution in [0.1, 0.15) is 42.5 Å². The van der Waals surface area contributed by atoms with E-state index in [4.69, 9.17) is 9.47 Å². The second kappa shape index (κ2) is 6.71. The van der Waals surface area contributed by atoms with E-state index in [-0.39, 0.29) is 5.91 Å². The summed E-state index contributed by atoms with van der Waals surface area (Å²) in [7, 11) is 0. The minimum Gasteiger partial charge on any atom is -0.448 e. The molecule has 1 aliphatic heterocycles. The molecule has 1 aliphatic carbocycles. The Labute approximate surface area is 163 Å². The average molecular weight is 375 g/mol. The van der Waals surface area contributed by atoms with Gasteiger partial charge >= 0.3 is 0 Å². The van der Waals surface area contributed by atoms with E-state index in [9.17, 15) is 4.79 Å². The Bertz CT molecular complexity index is 990. The lowest BCUT2D eigenvalue weighted by atomic mass is 9.94. The van der Waals surface area contributed by atoms with Crippen molar-refractivity contribution >= 4 is 11.6 Å². The lowest BCUT2D eigenvalue weighted by molar-refractivity contribution is -0.105. The number of hydrogen-bond acceptors (Lipinski definition) is 4. The van der Waals surface area contributed by atoms with Crippen LogP contribution in [0.4, 0.5) is 5.69 Å². The normalized spacial score (nSPS) is 16.9. The largest absolute Gasteiger partial charge is 0.448 e. The zero-order valence-electron chi connectivity index (χ0n) is 15.4. The van der Waals surface area contributed by atoms with Gasteiger partial charge in [-0.3, -0.25) is 4.79 Å². The molecule has 0 saturated heterocycles. The summed E-state index contributed by atoms with van der Waals surface area (Å²) in [5.41, 5.74) is 2.18. The first kappa shape index (κ1) is 16.9. The molecule has 2 aliphatic rings. The van der Waals surface area contributed by atoms with Crippen LogP contribution in [0, 0.1) is 0 Å². The first-order chi connectivity index (χ1) is 13.7. The molecule has 1 amide bonds. The fraction of sp³-hybridized carbons (Fsp3) is 0.273. The number of nitrogens with zero attached hydrogens (tertiary/aromatic N) is 2. The highest BCUT2D eigenvalue weighted by atomic mass is 16.7. The summed E-state index contributed by atoms with van der Waals surface area (Å²) in [6.45, 7) is 0. The molecule has 0 bridgehead atoms. The van der Waals surface area contributed by atoms with Gasteiger partial charge in [-0.2, -0.15) is 5.10 Å². The highest BCUT2D eigenvalue weighted by molar-refractivity contribution is 6.04. The summed E-state index contributed by atoms with van der Waals surface area (Å²) >= 11 is 0. The van der Waals surface area contributed by atoms with Crippen molar-refractivity contribution in [1.82, 2.24) is 9.78 Å². The van der Waals surface area contributed by atoms with Gasteiger partial charge in [0.15, 0.2) is 11.5 Å². The zero-order valence-corrected chi connectivity index (χ0v) is 15.4. The molecule has 1 fully saturated rings. The summed E-state index contributed by atoms with van der Waals surface area (Å²) in [6, 6.07) is 14.7. The van der Waals surface area contributed by atoms with Crippen LogP contribution in [0.5, 0.6) is 11.5 Å². The molecule has 28 heavy (non-hydrogen) atoms. The lowest BCUT2D eigenvalue weighted by Gasteiger charge is -2.31. The number of anilines is 1. The maximum absolute atomic E-state index is 12.6. The number of rotatable bonds is 3. The second-order valence-corrected chi connectivity index (χ2v) is 7.29. The molecule has 0 radical (unpaired) electrons. The Balaban J connectivity index is 1.29. The molecule has 1 N–H and O–H groups in total. The summed E-state index contributed by atoms with van der Waals surface area (Å²) in [4.78, 5) is 12.6. The van der Waals surface area contributed by atoms with Crippen LogP contribution in [0.25, 0.3) is 5.69 Å². The van der Waals surface area contributed by atoms with Crippen molar-refractivity contribution in [3.8, 4) is 17.2 Å². The number of nitrogens with one attached hydrogen (secondary N) is 1. The van der Waals surface area contributed by atoms with Crippen molar-refractivity contribution in [2.24, 2.45) is 0 Å². The van der Waals surface area contributed by atoms with Gasteiger partial charge in [-0.25, -0.2) is 4.68 Å². The molecule has 2 heterocycles. The Morgan fingerprint density at radius 1 is 1.00 bits per heavy atom. The predicted octanol–water partition coefficient (Wildman–Crippen LogP) is 4.56. The fourth-order valence-corrected chi connectivity index (χ4v) is 3.86. The highest BCUT2D eigenvalue weighted by Crippen LogP contribution is 2.46. The van der Waals surface area contributed by atoms with E-state index < -0.39 is 5.79 Å². The standard InChI is InChI=1S/C22H21N3O3/c26-21(16-5-8-18(9-6-16)25-14-4-13-23-25)24-17-7-10-19-20(15-17)28-22(27-19)11-2-1-3-12-22/h4-10,13-15H,1-3,11-12H2,(H,24,26). The molecule has 1 spiro atoms. The smallest absolute Gasteiger partial charge is 0.255 e. The van der Waals surface area contributed by atoms with Crippen molar-refractivity contribution in [3.05, 3.63) is 66.5 Å². The summed E-state index contributed by atoms with van der Waals surface area (Å²) < 4.78 is 14.0. The SMILES string of the molecule is O=C(Nc1ccc2c(c1)OC1(CCCCC1)O2)c1ccc(-n2cccn2)cc1. The quantitative estimate of drug-likeness (QED) is 0.729. The predicted molar refractivity (Wildman–Crippen MR) is 105 cm³/mol. The minimum atomic E-state index is -0.508. The number of amides is 1. The monoisotopic (exact) mass is 375 g/mol. The number of carbonyl (C=O) groups excluding carboxylic acids is 1. The number of benzene rings is 2. The van der Waals surface area contributed by atoms with Crippen molar-refractivity contribution in [1.29, 1.82) is 0 Å². The molecule has 5 rings (SSSR count). The first-order valence-corrected chi connectivity index (χ1v) is 9.64. The Kier molecular flexibility index (Phi) is 4.04. The van der Waals surface area contributed by atoms with Crippen LogP contribution >= 0.6 is 0 Å². The molecule has 6 heteroatoms. The maximum Gasteiger partial charge on any atom is 0.255 e. The first-order valence-electron chi connectivity index (χ1n) is 9.64. The van der Waals surface area contributed by atoms with E-state index in [2.05, 4.69) is 10.4 Å². The van der Waals surface area contributed by atoms with E-state index in [1.807, 2.05) is 42.6 Å². The van der Waals surface area contributed by atoms with Crippen LogP contribution < -0.4 is 14.8 Å². The van der Waals surface area contributed by atoms with E-state index in [1.54, 1.807) is 23.0 Å². The van der Waals surface area contributed by atoms with E-state index in [1.165, 1.54) is 6.42 Å². The minimum absolute atomic E-state index is 0.168. The van der Waals surface area contributed by atoms with Gasteiger partial charge in [-0.15, -0.1) is 0 Å². The van der Waals surface area contributed by atoms with Gasteiger partial charge in [0.05, 0.1) is 5.69 Å². The van der Waals surface area contributed by atoms with Crippen molar-refractivity contribution in [2.45, 2.75) is 37.9 Å². The van der Waals surface area contributed by atoms with Crippen molar-refractivity contribution in [3.63, 3.8) is 0 Å². The summed E-state index contributed by atoms with van der Waals surface area (Å²) in [5.74, 6) is 0.779. The third-order valence-corrected chi connectivity index (χ3v) is 5.31. The molecule has 3 aromatic rings. The molecule has 1 aromatic heterocycles. The fourth-order valence-electron chi connectivity index (χ4n) is 3.86. The van der Waals surface area contributed by atoms with Gasteiger partial charge in [-0.05, 0) is 55.3 Å². The number of fused-ring (bicyclic) bond motifs is 1. The summed E-state index contributed by atoms with van der Waals surface area (Å²) in [6.07, 6.45) is 8.86. The Hall–Kier alpha value is -3.28.